The van der Waals surface area contributed by atoms with E-state index in [1.54, 1.807) is 6.07 Å². The molecular formula is C15H18FN3O2. The lowest BCUT2D eigenvalue weighted by Crippen LogP contribution is -2.32. The zero-order valence-electron chi connectivity index (χ0n) is 12.2. The molecule has 1 atom stereocenters. The molecule has 0 fully saturated rings. The Morgan fingerprint density at radius 2 is 2.19 bits per heavy atom. The lowest BCUT2D eigenvalue weighted by Gasteiger charge is -2.13. The van der Waals surface area contributed by atoms with Crippen LogP contribution >= 0.6 is 0 Å². The number of hydrogen-bond donors (Lipinski definition) is 2. The van der Waals surface area contributed by atoms with Crippen molar-refractivity contribution in [1.82, 2.24) is 10.5 Å². The summed E-state index contributed by atoms with van der Waals surface area (Å²) in [4.78, 5) is 11.8. The molecule has 112 valence electrons. The zero-order chi connectivity index (χ0) is 15.4. The molecule has 0 saturated carbocycles. The Balaban J connectivity index is 1.89. The highest BCUT2D eigenvalue weighted by Crippen LogP contribution is 2.22. The Kier molecular flexibility index (Phi) is 4.57. The molecule has 1 unspecified atom stereocenters. The summed E-state index contributed by atoms with van der Waals surface area (Å²) in [7, 11) is 0. The van der Waals surface area contributed by atoms with Crippen LogP contribution in [0.25, 0.3) is 0 Å². The fraction of sp³-hybridized carbons (Fsp3) is 0.333. The normalized spacial score (nSPS) is 12.0. The third kappa shape index (κ3) is 3.81. The number of aryl methyl sites for hydroxylation is 2. The van der Waals surface area contributed by atoms with Crippen molar-refractivity contribution in [3.63, 3.8) is 0 Å². The Hall–Kier alpha value is -2.37. The van der Waals surface area contributed by atoms with Crippen LogP contribution in [0.1, 0.15) is 29.9 Å². The Bertz CT molecular complexity index is 620. The number of rotatable bonds is 4. The van der Waals surface area contributed by atoms with E-state index < -0.39 is 5.82 Å². The summed E-state index contributed by atoms with van der Waals surface area (Å²) in [6.07, 6.45) is 0. The summed E-state index contributed by atoms with van der Waals surface area (Å²) < 4.78 is 18.1. The first kappa shape index (κ1) is 15.0. The highest BCUT2D eigenvalue weighted by Gasteiger charge is 2.17. The number of anilines is 1. The second-order valence-electron chi connectivity index (χ2n) is 4.98. The zero-order valence-corrected chi connectivity index (χ0v) is 12.2. The van der Waals surface area contributed by atoms with Gasteiger partial charge in [0, 0.05) is 23.7 Å². The van der Waals surface area contributed by atoms with Crippen molar-refractivity contribution in [2.45, 2.75) is 26.7 Å². The smallest absolute Gasteiger partial charge is 0.319 e. The molecule has 6 heteroatoms. The van der Waals surface area contributed by atoms with Crippen LogP contribution in [0.4, 0.5) is 14.9 Å². The third-order valence-electron chi connectivity index (χ3n) is 3.23. The molecule has 0 aliphatic carbocycles. The van der Waals surface area contributed by atoms with Gasteiger partial charge >= 0.3 is 6.03 Å². The van der Waals surface area contributed by atoms with Crippen LogP contribution in [-0.4, -0.2) is 17.7 Å². The maximum atomic E-state index is 13.0. The van der Waals surface area contributed by atoms with E-state index in [0.29, 0.717) is 12.2 Å². The van der Waals surface area contributed by atoms with Gasteiger partial charge in [0.15, 0.2) is 0 Å². The first-order valence-electron chi connectivity index (χ1n) is 6.70. The van der Waals surface area contributed by atoms with Gasteiger partial charge < -0.3 is 15.2 Å². The van der Waals surface area contributed by atoms with Gasteiger partial charge in [-0.2, -0.15) is 0 Å². The number of nitrogens with one attached hydrogen (secondary N) is 2. The van der Waals surface area contributed by atoms with E-state index in [9.17, 15) is 9.18 Å². The molecule has 2 N–H and O–H groups in total. The quantitative estimate of drug-likeness (QED) is 0.907. The first-order chi connectivity index (χ1) is 9.97. The van der Waals surface area contributed by atoms with Crippen molar-refractivity contribution in [2.75, 3.05) is 11.9 Å². The van der Waals surface area contributed by atoms with Gasteiger partial charge in [-0.3, -0.25) is 0 Å². The summed E-state index contributed by atoms with van der Waals surface area (Å²) in [5.74, 6) is 0.443. The molecule has 1 heterocycles. The first-order valence-corrected chi connectivity index (χ1v) is 6.70. The molecule has 0 aliphatic rings. The van der Waals surface area contributed by atoms with Crippen LogP contribution in [0.5, 0.6) is 0 Å². The molecule has 1 aromatic carbocycles. The molecule has 0 saturated heterocycles. The van der Waals surface area contributed by atoms with Crippen LogP contribution < -0.4 is 10.6 Å². The molecule has 5 nitrogen and oxygen atoms in total. The second-order valence-corrected chi connectivity index (χ2v) is 4.98. The largest absolute Gasteiger partial charge is 0.361 e. The fourth-order valence-corrected chi connectivity index (χ4v) is 2.28. The SMILES string of the molecule is Cc1noc(C)c1C(C)CNC(=O)Nc1cccc(F)c1. The van der Waals surface area contributed by atoms with Gasteiger partial charge in [-0.05, 0) is 32.0 Å². The Labute approximate surface area is 122 Å². The average Bonchev–Trinajstić information content (AvgIpc) is 2.76. The van der Waals surface area contributed by atoms with Crippen molar-refractivity contribution in [3.8, 4) is 0 Å². The molecule has 1 aromatic heterocycles. The summed E-state index contributed by atoms with van der Waals surface area (Å²) in [5, 5.41) is 9.23. The number of nitrogens with zero attached hydrogens (tertiary/aromatic N) is 1. The van der Waals surface area contributed by atoms with Crippen LogP contribution in [0.15, 0.2) is 28.8 Å². The van der Waals surface area contributed by atoms with E-state index >= 15 is 0 Å². The molecule has 2 amide bonds. The highest BCUT2D eigenvalue weighted by atomic mass is 19.1. The van der Waals surface area contributed by atoms with Gasteiger partial charge in [-0.25, -0.2) is 9.18 Å². The van der Waals surface area contributed by atoms with Crippen molar-refractivity contribution in [3.05, 3.63) is 47.1 Å². The van der Waals surface area contributed by atoms with E-state index in [1.165, 1.54) is 18.2 Å². The maximum absolute atomic E-state index is 13.0. The van der Waals surface area contributed by atoms with Gasteiger partial charge in [0.2, 0.25) is 0 Å². The minimum absolute atomic E-state index is 0.0782. The van der Waals surface area contributed by atoms with Gasteiger partial charge in [-0.15, -0.1) is 0 Å². The lowest BCUT2D eigenvalue weighted by molar-refractivity contribution is 0.251. The van der Waals surface area contributed by atoms with Crippen molar-refractivity contribution < 1.29 is 13.7 Å². The molecule has 0 spiro atoms. The molecule has 2 rings (SSSR count). The molecule has 0 aliphatic heterocycles. The minimum atomic E-state index is -0.392. The highest BCUT2D eigenvalue weighted by molar-refractivity contribution is 5.89. The Morgan fingerprint density at radius 3 is 2.81 bits per heavy atom. The van der Waals surface area contributed by atoms with Crippen LogP contribution in [-0.2, 0) is 0 Å². The van der Waals surface area contributed by atoms with Crippen LogP contribution in [0.3, 0.4) is 0 Å². The number of aromatic nitrogens is 1. The standard InChI is InChI=1S/C15H18FN3O2/c1-9(14-10(2)19-21-11(14)3)8-17-15(20)18-13-6-4-5-12(16)7-13/h4-7,9H,8H2,1-3H3,(H2,17,18,20). The van der Waals surface area contributed by atoms with Gasteiger partial charge in [-0.1, -0.05) is 18.1 Å². The van der Waals surface area contributed by atoms with E-state index in [4.69, 9.17) is 4.52 Å². The van der Waals surface area contributed by atoms with Gasteiger partial charge in [0.05, 0.1) is 5.69 Å². The second kappa shape index (κ2) is 6.39. The Morgan fingerprint density at radius 1 is 1.43 bits per heavy atom. The lowest BCUT2D eigenvalue weighted by atomic mass is 10.00. The predicted molar refractivity (Wildman–Crippen MR) is 77.8 cm³/mol. The van der Waals surface area contributed by atoms with Gasteiger partial charge in [0.25, 0.3) is 0 Å². The average molecular weight is 291 g/mol. The number of carbonyl (C=O) groups excluding carboxylic acids is 1. The number of amides is 2. The molecule has 0 radical (unpaired) electrons. The van der Waals surface area contributed by atoms with Gasteiger partial charge in [0.1, 0.15) is 11.6 Å². The van der Waals surface area contributed by atoms with Crippen molar-refractivity contribution >= 4 is 11.7 Å². The van der Waals surface area contributed by atoms with Crippen molar-refractivity contribution in [1.29, 1.82) is 0 Å². The van der Waals surface area contributed by atoms with E-state index in [1.807, 2.05) is 20.8 Å². The monoisotopic (exact) mass is 291 g/mol. The topological polar surface area (TPSA) is 67.2 Å². The van der Waals surface area contributed by atoms with Crippen LogP contribution in [0, 0.1) is 19.7 Å². The summed E-state index contributed by atoms with van der Waals surface area (Å²) >= 11 is 0. The minimum Gasteiger partial charge on any atom is -0.361 e. The van der Waals surface area contributed by atoms with E-state index in [-0.39, 0.29) is 11.9 Å². The third-order valence-corrected chi connectivity index (χ3v) is 3.23. The maximum Gasteiger partial charge on any atom is 0.319 e. The molecular weight excluding hydrogens is 273 g/mol. The van der Waals surface area contributed by atoms with Crippen LogP contribution in [0.2, 0.25) is 0 Å². The van der Waals surface area contributed by atoms with Crippen molar-refractivity contribution in [2.24, 2.45) is 0 Å². The van der Waals surface area contributed by atoms with E-state index in [0.717, 1.165) is 17.0 Å². The summed E-state index contributed by atoms with van der Waals surface area (Å²) in [6.45, 7) is 6.13. The number of halogens is 1. The fourth-order valence-electron chi connectivity index (χ4n) is 2.28. The molecule has 0 bridgehead atoms. The number of hydrogen-bond acceptors (Lipinski definition) is 3. The number of urea groups is 1. The number of carbonyl (C=O) groups is 1. The number of benzene rings is 1. The predicted octanol–water partition coefficient (Wildman–Crippen LogP) is 3.36. The summed E-state index contributed by atoms with van der Waals surface area (Å²) in [5.41, 5.74) is 2.24. The molecule has 21 heavy (non-hydrogen) atoms. The summed E-state index contributed by atoms with van der Waals surface area (Å²) in [6, 6.07) is 5.37. The van der Waals surface area contributed by atoms with E-state index in [2.05, 4.69) is 15.8 Å². The molecule has 2 aromatic rings.